The number of carbonyl (C=O) groups excluding carboxylic acids is 3. The lowest BCUT2D eigenvalue weighted by atomic mass is 10.0. The summed E-state index contributed by atoms with van der Waals surface area (Å²) in [6.07, 6.45) is 42.5. The lowest BCUT2D eigenvalue weighted by Gasteiger charge is -2.18. The standard InChI is InChI=1S/C46H88O6/c1-4-7-10-13-15-17-19-21-23-25-27-29-31-34-37-40-46(49)52-43(41-50-44(47)38-35-32-12-9-6-3)42-51-45(48)39-36-33-30-28-26-24-22-20-18-16-14-11-8-5-2/h43H,4-42H2,1-3H3/t43-/m0/s1. The maximum atomic E-state index is 12.7. The Balaban J connectivity index is 4.17. The lowest BCUT2D eigenvalue weighted by Crippen LogP contribution is -2.30. The zero-order chi connectivity index (χ0) is 38.0. The third-order valence-corrected chi connectivity index (χ3v) is 10.4. The molecule has 0 saturated carbocycles. The highest BCUT2D eigenvalue weighted by molar-refractivity contribution is 5.71. The van der Waals surface area contributed by atoms with Gasteiger partial charge in [-0.25, -0.2) is 0 Å². The van der Waals surface area contributed by atoms with Crippen molar-refractivity contribution in [3.63, 3.8) is 0 Å². The van der Waals surface area contributed by atoms with Crippen LogP contribution in [-0.4, -0.2) is 37.2 Å². The Hall–Kier alpha value is -1.59. The molecule has 0 amide bonds. The second-order valence-electron chi connectivity index (χ2n) is 15.7. The van der Waals surface area contributed by atoms with Crippen LogP contribution in [0.2, 0.25) is 0 Å². The third kappa shape index (κ3) is 39.6. The van der Waals surface area contributed by atoms with Crippen LogP contribution in [0, 0.1) is 0 Å². The van der Waals surface area contributed by atoms with Gasteiger partial charge in [0, 0.05) is 19.3 Å². The van der Waals surface area contributed by atoms with E-state index in [-0.39, 0.29) is 31.1 Å². The van der Waals surface area contributed by atoms with Crippen LogP contribution in [0.1, 0.15) is 258 Å². The summed E-state index contributed by atoms with van der Waals surface area (Å²) in [6, 6.07) is 0. The quantitative estimate of drug-likeness (QED) is 0.0353. The molecule has 0 bridgehead atoms. The van der Waals surface area contributed by atoms with E-state index in [0.717, 1.165) is 64.2 Å². The van der Waals surface area contributed by atoms with Gasteiger partial charge in [-0.1, -0.05) is 220 Å². The SMILES string of the molecule is CCCCCCCCCCCCCCCCCC(=O)O[C@@H](COC(=O)CCCCCCC)COC(=O)CCCCCCCCCCCCCCCC. The van der Waals surface area contributed by atoms with E-state index in [1.807, 2.05) is 0 Å². The second-order valence-corrected chi connectivity index (χ2v) is 15.7. The van der Waals surface area contributed by atoms with Crippen LogP contribution in [0.4, 0.5) is 0 Å². The van der Waals surface area contributed by atoms with Gasteiger partial charge in [0.25, 0.3) is 0 Å². The lowest BCUT2D eigenvalue weighted by molar-refractivity contribution is -0.167. The van der Waals surface area contributed by atoms with Crippen molar-refractivity contribution in [2.45, 2.75) is 264 Å². The average molecular weight is 737 g/mol. The van der Waals surface area contributed by atoms with Crippen molar-refractivity contribution in [1.29, 1.82) is 0 Å². The first-order chi connectivity index (χ1) is 25.5. The van der Waals surface area contributed by atoms with Crippen molar-refractivity contribution < 1.29 is 28.6 Å². The largest absolute Gasteiger partial charge is 0.462 e. The molecule has 0 aromatic rings. The minimum Gasteiger partial charge on any atom is -0.462 e. The van der Waals surface area contributed by atoms with Gasteiger partial charge in [-0.3, -0.25) is 14.4 Å². The molecule has 1 atom stereocenters. The fourth-order valence-corrected chi connectivity index (χ4v) is 6.85. The van der Waals surface area contributed by atoms with Crippen molar-refractivity contribution in [3.05, 3.63) is 0 Å². The van der Waals surface area contributed by atoms with Gasteiger partial charge < -0.3 is 14.2 Å². The molecule has 308 valence electrons. The molecule has 0 aliphatic rings. The molecule has 0 aromatic heterocycles. The van der Waals surface area contributed by atoms with E-state index >= 15 is 0 Å². The molecule has 0 spiro atoms. The molecule has 0 rings (SSSR count). The summed E-state index contributed by atoms with van der Waals surface area (Å²) in [4.78, 5) is 37.5. The molecule has 0 aliphatic carbocycles. The second kappa shape index (κ2) is 42.2. The van der Waals surface area contributed by atoms with Gasteiger partial charge in [-0.05, 0) is 19.3 Å². The van der Waals surface area contributed by atoms with E-state index in [4.69, 9.17) is 14.2 Å². The van der Waals surface area contributed by atoms with Crippen LogP contribution in [0.3, 0.4) is 0 Å². The number of hydrogen-bond donors (Lipinski definition) is 0. The van der Waals surface area contributed by atoms with Crippen molar-refractivity contribution >= 4 is 17.9 Å². The Labute approximate surface area is 323 Å². The number of esters is 3. The van der Waals surface area contributed by atoms with Crippen molar-refractivity contribution in [1.82, 2.24) is 0 Å². The van der Waals surface area contributed by atoms with E-state index in [9.17, 15) is 14.4 Å². The van der Waals surface area contributed by atoms with Crippen molar-refractivity contribution in [3.8, 4) is 0 Å². The van der Waals surface area contributed by atoms with Crippen LogP contribution in [-0.2, 0) is 28.6 Å². The Bertz CT molecular complexity index is 768. The van der Waals surface area contributed by atoms with E-state index in [2.05, 4.69) is 20.8 Å². The fourth-order valence-electron chi connectivity index (χ4n) is 6.85. The number of rotatable bonds is 42. The van der Waals surface area contributed by atoms with E-state index in [1.54, 1.807) is 0 Å². The maximum Gasteiger partial charge on any atom is 0.306 e. The van der Waals surface area contributed by atoms with Crippen molar-refractivity contribution in [2.75, 3.05) is 13.2 Å². The van der Waals surface area contributed by atoms with E-state index in [1.165, 1.54) is 154 Å². The normalized spacial score (nSPS) is 11.8. The van der Waals surface area contributed by atoms with Crippen LogP contribution < -0.4 is 0 Å². The maximum absolute atomic E-state index is 12.7. The molecule has 0 saturated heterocycles. The van der Waals surface area contributed by atoms with Crippen LogP contribution in [0.5, 0.6) is 0 Å². The number of carbonyl (C=O) groups is 3. The summed E-state index contributed by atoms with van der Waals surface area (Å²) in [5, 5.41) is 0. The van der Waals surface area contributed by atoms with Crippen LogP contribution in [0.25, 0.3) is 0 Å². The first-order valence-corrected chi connectivity index (χ1v) is 23.0. The van der Waals surface area contributed by atoms with Gasteiger partial charge >= 0.3 is 17.9 Å². The summed E-state index contributed by atoms with van der Waals surface area (Å²) < 4.78 is 16.6. The Morgan fingerprint density at radius 2 is 0.519 bits per heavy atom. The molecule has 0 aliphatic heterocycles. The molecule has 0 radical (unpaired) electrons. The highest BCUT2D eigenvalue weighted by Crippen LogP contribution is 2.16. The third-order valence-electron chi connectivity index (χ3n) is 10.4. The molecule has 0 heterocycles. The molecule has 0 N–H and O–H groups in total. The predicted molar refractivity (Wildman–Crippen MR) is 220 cm³/mol. The van der Waals surface area contributed by atoms with E-state index in [0.29, 0.717) is 19.3 Å². The highest BCUT2D eigenvalue weighted by atomic mass is 16.6. The number of ether oxygens (including phenoxy) is 3. The first-order valence-electron chi connectivity index (χ1n) is 23.0. The van der Waals surface area contributed by atoms with Gasteiger partial charge in [-0.2, -0.15) is 0 Å². The van der Waals surface area contributed by atoms with Gasteiger partial charge in [0.05, 0.1) is 0 Å². The predicted octanol–water partition coefficient (Wildman–Crippen LogP) is 14.5. The Kier molecular flexibility index (Phi) is 40.9. The zero-order valence-corrected chi connectivity index (χ0v) is 35.1. The summed E-state index contributed by atoms with van der Waals surface area (Å²) in [5.74, 6) is -0.864. The summed E-state index contributed by atoms with van der Waals surface area (Å²) in [7, 11) is 0. The zero-order valence-electron chi connectivity index (χ0n) is 35.1. The van der Waals surface area contributed by atoms with Crippen LogP contribution >= 0.6 is 0 Å². The minimum absolute atomic E-state index is 0.0637. The highest BCUT2D eigenvalue weighted by Gasteiger charge is 2.19. The van der Waals surface area contributed by atoms with Gasteiger partial charge in [0.2, 0.25) is 0 Å². The Morgan fingerprint density at radius 1 is 0.308 bits per heavy atom. The number of unbranched alkanes of at least 4 members (excludes halogenated alkanes) is 31. The molecule has 0 aromatic carbocycles. The molecule has 0 fully saturated rings. The number of hydrogen-bond acceptors (Lipinski definition) is 6. The van der Waals surface area contributed by atoms with Gasteiger partial charge in [-0.15, -0.1) is 0 Å². The summed E-state index contributed by atoms with van der Waals surface area (Å²) in [5.41, 5.74) is 0. The smallest absolute Gasteiger partial charge is 0.306 e. The molecule has 6 nitrogen and oxygen atoms in total. The summed E-state index contributed by atoms with van der Waals surface area (Å²) in [6.45, 7) is 6.58. The summed E-state index contributed by atoms with van der Waals surface area (Å²) >= 11 is 0. The monoisotopic (exact) mass is 737 g/mol. The van der Waals surface area contributed by atoms with Crippen LogP contribution in [0.15, 0.2) is 0 Å². The molecule has 6 heteroatoms. The average Bonchev–Trinajstić information content (AvgIpc) is 3.14. The fraction of sp³-hybridized carbons (Fsp3) is 0.935. The van der Waals surface area contributed by atoms with Gasteiger partial charge in [0.1, 0.15) is 13.2 Å². The van der Waals surface area contributed by atoms with Gasteiger partial charge in [0.15, 0.2) is 6.10 Å². The molecule has 0 unspecified atom stereocenters. The molecular formula is C46H88O6. The van der Waals surface area contributed by atoms with E-state index < -0.39 is 6.10 Å². The molecular weight excluding hydrogens is 648 g/mol. The Morgan fingerprint density at radius 3 is 0.769 bits per heavy atom. The minimum atomic E-state index is -0.756. The topological polar surface area (TPSA) is 78.9 Å². The molecule has 52 heavy (non-hydrogen) atoms. The van der Waals surface area contributed by atoms with Crippen molar-refractivity contribution in [2.24, 2.45) is 0 Å². The first kappa shape index (κ1) is 50.4.